The first kappa shape index (κ1) is 70.6. The first-order chi connectivity index (χ1) is 36.0. The summed E-state index contributed by atoms with van der Waals surface area (Å²) in [6.07, 6.45) is 75.8. The van der Waals surface area contributed by atoms with E-state index in [0.29, 0.717) is 19.3 Å². The molecule has 0 rings (SSSR count). The second-order valence-corrected chi connectivity index (χ2v) is 22.0. The summed E-state index contributed by atoms with van der Waals surface area (Å²) in [6.45, 7) is 6.64. The van der Waals surface area contributed by atoms with Gasteiger partial charge in [0, 0.05) is 19.3 Å². The normalized spacial score (nSPS) is 12.2. The van der Waals surface area contributed by atoms with E-state index in [-0.39, 0.29) is 31.1 Å². The number of hydrogen-bond acceptors (Lipinski definition) is 6. The molecular formula is C67H124O6. The third kappa shape index (κ3) is 60.4. The van der Waals surface area contributed by atoms with Gasteiger partial charge in [0.25, 0.3) is 0 Å². The molecule has 0 saturated carbocycles. The van der Waals surface area contributed by atoms with Crippen LogP contribution in [-0.2, 0) is 28.6 Å². The van der Waals surface area contributed by atoms with Crippen molar-refractivity contribution in [2.24, 2.45) is 0 Å². The molecule has 0 heterocycles. The van der Waals surface area contributed by atoms with E-state index in [1.54, 1.807) is 0 Å². The summed E-state index contributed by atoms with van der Waals surface area (Å²) >= 11 is 0. The number of rotatable bonds is 60. The lowest BCUT2D eigenvalue weighted by Gasteiger charge is -2.18. The minimum atomic E-state index is -0.777. The molecule has 0 spiro atoms. The van der Waals surface area contributed by atoms with Gasteiger partial charge in [0.2, 0.25) is 0 Å². The van der Waals surface area contributed by atoms with Crippen molar-refractivity contribution in [3.05, 3.63) is 36.5 Å². The van der Waals surface area contributed by atoms with Gasteiger partial charge in [-0.15, -0.1) is 0 Å². The number of esters is 3. The van der Waals surface area contributed by atoms with Crippen LogP contribution in [0.5, 0.6) is 0 Å². The molecule has 0 bridgehead atoms. The standard InChI is InChI=1S/C67H124O6/c1-4-7-10-13-16-19-22-25-28-30-32-33-34-36-37-39-42-45-48-51-54-57-60-66(69)72-63-64(62-71-65(68)59-56-53-50-47-44-41-27-24-21-18-15-12-9-6-3)73-67(70)61-58-55-52-49-46-43-40-38-35-31-29-26-23-20-17-14-11-8-5-2/h15,18,24,26-27,29,64H,4-14,16-17,19-23,25,28,30-63H2,1-3H3/b18-15-,27-24-,29-26-. The molecule has 0 radical (unpaired) electrons. The molecule has 0 N–H and O–H groups in total. The lowest BCUT2D eigenvalue weighted by molar-refractivity contribution is -0.167. The molecule has 0 aromatic carbocycles. The molecule has 73 heavy (non-hydrogen) atoms. The number of ether oxygens (including phenoxy) is 3. The van der Waals surface area contributed by atoms with Crippen LogP contribution in [0.3, 0.4) is 0 Å². The predicted molar refractivity (Wildman–Crippen MR) is 316 cm³/mol. The minimum absolute atomic E-state index is 0.0732. The van der Waals surface area contributed by atoms with Crippen LogP contribution in [0.4, 0.5) is 0 Å². The fourth-order valence-electron chi connectivity index (χ4n) is 9.69. The number of hydrogen-bond donors (Lipinski definition) is 0. The predicted octanol–water partition coefficient (Wildman–Crippen LogP) is 22.0. The number of carbonyl (C=O) groups excluding carboxylic acids is 3. The van der Waals surface area contributed by atoms with Crippen LogP contribution in [0.25, 0.3) is 0 Å². The zero-order valence-corrected chi connectivity index (χ0v) is 49.2. The zero-order chi connectivity index (χ0) is 52.9. The maximum atomic E-state index is 12.9. The molecular weight excluding hydrogens is 901 g/mol. The minimum Gasteiger partial charge on any atom is -0.462 e. The van der Waals surface area contributed by atoms with Gasteiger partial charge >= 0.3 is 17.9 Å². The highest BCUT2D eigenvalue weighted by molar-refractivity contribution is 5.71. The van der Waals surface area contributed by atoms with E-state index < -0.39 is 6.10 Å². The van der Waals surface area contributed by atoms with Crippen LogP contribution >= 0.6 is 0 Å². The summed E-state index contributed by atoms with van der Waals surface area (Å²) in [5, 5.41) is 0. The van der Waals surface area contributed by atoms with Crippen molar-refractivity contribution in [3.8, 4) is 0 Å². The molecule has 1 unspecified atom stereocenters. The Bertz CT molecular complexity index is 1220. The van der Waals surface area contributed by atoms with E-state index in [9.17, 15) is 14.4 Å². The molecule has 0 aliphatic rings. The van der Waals surface area contributed by atoms with E-state index in [1.807, 2.05) is 0 Å². The lowest BCUT2D eigenvalue weighted by atomic mass is 10.0. The summed E-state index contributed by atoms with van der Waals surface area (Å²) in [4.78, 5) is 38.3. The molecule has 0 aliphatic heterocycles. The quantitative estimate of drug-likeness (QED) is 0.0261. The van der Waals surface area contributed by atoms with Crippen LogP contribution < -0.4 is 0 Å². The monoisotopic (exact) mass is 1020 g/mol. The smallest absolute Gasteiger partial charge is 0.306 e. The molecule has 0 fully saturated rings. The van der Waals surface area contributed by atoms with Crippen LogP contribution in [0.2, 0.25) is 0 Å². The maximum Gasteiger partial charge on any atom is 0.306 e. The zero-order valence-electron chi connectivity index (χ0n) is 49.2. The first-order valence-electron chi connectivity index (χ1n) is 32.5. The number of unbranched alkanes of at least 4 members (excludes halogenated alkanes) is 43. The summed E-state index contributed by atoms with van der Waals surface area (Å²) in [6, 6.07) is 0. The van der Waals surface area contributed by atoms with Gasteiger partial charge in [-0.25, -0.2) is 0 Å². The third-order valence-electron chi connectivity index (χ3n) is 14.6. The van der Waals surface area contributed by atoms with E-state index in [0.717, 1.165) is 77.0 Å². The van der Waals surface area contributed by atoms with E-state index >= 15 is 0 Å². The second-order valence-electron chi connectivity index (χ2n) is 22.0. The lowest BCUT2D eigenvalue weighted by Crippen LogP contribution is -2.30. The molecule has 428 valence electrons. The van der Waals surface area contributed by atoms with E-state index in [2.05, 4.69) is 57.2 Å². The van der Waals surface area contributed by atoms with E-state index in [4.69, 9.17) is 14.2 Å². The van der Waals surface area contributed by atoms with Crippen molar-refractivity contribution in [2.75, 3.05) is 13.2 Å². The second kappa shape index (κ2) is 62.2. The van der Waals surface area contributed by atoms with Gasteiger partial charge in [-0.1, -0.05) is 301 Å². The van der Waals surface area contributed by atoms with Gasteiger partial charge in [-0.05, 0) is 70.6 Å². The average molecular weight is 1030 g/mol. The van der Waals surface area contributed by atoms with Gasteiger partial charge in [-0.3, -0.25) is 14.4 Å². The van der Waals surface area contributed by atoms with Crippen LogP contribution in [0.15, 0.2) is 36.5 Å². The van der Waals surface area contributed by atoms with Gasteiger partial charge < -0.3 is 14.2 Å². The Kier molecular flexibility index (Phi) is 60.2. The first-order valence-corrected chi connectivity index (χ1v) is 32.5. The average Bonchev–Trinajstić information content (AvgIpc) is 3.39. The molecule has 0 aromatic heterocycles. The third-order valence-corrected chi connectivity index (χ3v) is 14.6. The van der Waals surface area contributed by atoms with Gasteiger partial charge in [0.1, 0.15) is 13.2 Å². The highest BCUT2D eigenvalue weighted by atomic mass is 16.6. The molecule has 0 aromatic rings. The van der Waals surface area contributed by atoms with Crippen molar-refractivity contribution >= 4 is 17.9 Å². The summed E-state index contributed by atoms with van der Waals surface area (Å²) in [5.41, 5.74) is 0. The molecule has 0 saturated heterocycles. The van der Waals surface area contributed by atoms with Crippen molar-refractivity contribution in [2.45, 2.75) is 361 Å². The SMILES string of the molecule is CCCC/C=C\C/C=C\CCCCCCCC(=O)OCC(COC(=O)CCCCCCCCCCCCCCCCCCCCCCCC)OC(=O)CCCCCCCCCCC/C=C\CCCCCCCC. The van der Waals surface area contributed by atoms with Crippen molar-refractivity contribution < 1.29 is 28.6 Å². The van der Waals surface area contributed by atoms with Crippen LogP contribution in [-0.4, -0.2) is 37.2 Å². The Hall–Kier alpha value is -2.37. The Balaban J connectivity index is 4.29. The Morgan fingerprint density at radius 3 is 0.808 bits per heavy atom. The van der Waals surface area contributed by atoms with Gasteiger partial charge in [0.15, 0.2) is 6.10 Å². The molecule has 0 amide bonds. The molecule has 6 nitrogen and oxygen atoms in total. The molecule has 0 aliphatic carbocycles. The van der Waals surface area contributed by atoms with E-state index in [1.165, 1.54) is 238 Å². The topological polar surface area (TPSA) is 78.9 Å². The largest absolute Gasteiger partial charge is 0.462 e. The number of carbonyl (C=O) groups is 3. The van der Waals surface area contributed by atoms with Crippen molar-refractivity contribution in [1.82, 2.24) is 0 Å². The van der Waals surface area contributed by atoms with Crippen molar-refractivity contribution in [3.63, 3.8) is 0 Å². The van der Waals surface area contributed by atoms with Crippen LogP contribution in [0.1, 0.15) is 355 Å². The fraction of sp³-hybridized carbons (Fsp3) is 0.866. The highest BCUT2D eigenvalue weighted by Gasteiger charge is 2.19. The summed E-state index contributed by atoms with van der Waals surface area (Å²) in [5.74, 6) is -0.866. The summed E-state index contributed by atoms with van der Waals surface area (Å²) in [7, 11) is 0. The fourth-order valence-corrected chi connectivity index (χ4v) is 9.69. The summed E-state index contributed by atoms with van der Waals surface area (Å²) < 4.78 is 16.9. The molecule has 6 heteroatoms. The van der Waals surface area contributed by atoms with Gasteiger partial charge in [0.05, 0.1) is 0 Å². The maximum absolute atomic E-state index is 12.9. The Labute approximate surface area is 455 Å². The van der Waals surface area contributed by atoms with Crippen molar-refractivity contribution in [1.29, 1.82) is 0 Å². The van der Waals surface area contributed by atoms with Gasteiger partial charge in [-0.2, -0.15) is 0 Å². The molecule has 1 atom stereocenters. The highest BCUT2D eigenvalue weighted by Crippen LogP contribution is 2.18. The Morgan fingerprint density at radius 1 is 0.274 bits per heavy atom. The number of allylic oxidation sites excluding steroid dienone is 6. The van der Waals surface area contributed by atoms with Crippen LogP contribution in [0, 0.1) is 0 Å². The Morgan fingerprint density at radius 2 is 0.507 bits per heavy atom.